The summed E-state index contributed by atoms with van der Waals surface area (Å²) in [5.74, 6) is 0.742. The summed E-state index contributed by atoms with van der Waals surface area (Å²) in [5.41, 5.74) is 1.96. The quantitative estimate of drug-likeness (QED) is 0.739. The maximum atomic E-state index is 12.6. The monoisotopic (exact) mass is 325 g/mol. The predicted molar refractivity (Wildman–Crippen MR) is 91.8 cm³/mol. The maximum Gasteiger partial charge on any atom is 0.274 e. The first-order valence-electron chi connectivity index (χ1n) is 8.05. The lowest BCUT2D eigenvalue weighted by molar-refractivity contribution is 0.0685. The number of benzene rings is 1. The number of aromatic nitrogens is 2. The summed E-state index contributed by atoms with van der Waals surface area (Å²) in [7, 11) is 0. The van der Waals surface area contributed by atoms with Crippen LogP contribution < -0.4 is 0 Å². The number of thiazole rings is 1. The van der Waals surface area contributed by atoms with Crippen LogP contribution in [0.4, 0.5) is 0 Å². The lowest BCUT2D eigenvalue weighted by Gasteiger charge is -2.31. The summed E-state index contributed by atoms with van der Waals surface area (Å²) >= 11 is 1.55. The zero-order chi connectivity index (χ0) is 15.6. The van der Waals surface area contributed by atoms with E-state index in [2.05, 4.69) is 35.3 Å². The Morgan fingerprint density at radius 1 is 1.22 bits per heavy atom. The third kappa shape index (κ3) is 3.01. The molecule has 0 aliphatic carbocycles. The van der Waals surface area contributed by atoms with Crippen molar-refractivity contribution in [2.45, 2.75) is 19.3 Å². The van der Waals surface area contributed by atoms with E-state index in [4.69, 9.17) is 0 Å². The van der Waals surface area contributed by atoms with Crippen LogP contribution in [0.1, 0.15) is 28.9 Å². The molecule has 0 N–H and O–H groups in total. The molecular formula is C18H19N3OS. The van der Waals surface area contributed by atoms with Gasteiger partial charge in [0.15, 0.2) is 4.96 Å². The SMILES string of the molecule is O=C(c1cn2ccsc2n1)N1CCC(Cc2ccccc2)CC1. The molecule has 0 bridgehead atoms. The number of nitrogens with zero attached hydrogens (tertiary/aromatic N) is 3. The fourth-order valence-electron chi connectivity index (χ4n) is 3.28. The van der Waals surface area contributed by atoms with Crippen LogP contribution in [0.2, 0.25) is 0 Å². The second-order valence-corrected chi connectivity index (χ2v) is 7.02. The Labute approximate surface area is 139 Å². The van der Waals surface area contributed by atoms with Gasteiger partial charge in [-0.25, -0.2) is 4.98 Å². The molecule has 23 heavy (non-hydrogen) atoms. The van der Waals surface area contributed by atoms with Crippen molar-refractivity contribution in [2.75, 3.05) is 13.1 Å². The number of rotatable bonds is 3. The number of fused-ring (bicyclic) bond motifs is 1. The van der Waals surface area contributed by atoms with Crippen molar-refractivity contribution >= 4 is 22.2 Å². The number of imidazole rings is 1. The van der Waals surface area contributed by atoms with Gasteiger partial charge in [-0.1, -0.05) is 30.3 Å². The first kappa shape index (κ1) is 14.5. The van der Waals surface area contributed by atoms with Crippen molar-refractivity contribution < 1.29 is 4.79 Å². The Bertz CT molecular complexity index is 771. The summed E-state index contributed by atoms with van der Waals surface area (Å²) < 4.78 is 1.92. The van der Waals surface area contributed by atoms with Crippen LogP contribution in [0.5, 0.6) is 0 Å². The summed E-state index contributed by atoms with van der Waals surface area (Å²) in [4.78, 5) is 19.8. The highest BCUT2D eigenvalue weighted by atomic mass is 32.1. The molecule has 1 aromatic carbocycles. The summed E-state index contributed by atoms with van der Waals surface area (Å²) in [6.07, 6.45) is 7.04. The van der Waals surface area contributed by atoms with Crippen LogP contribution in [0.25, 0.3) is 4.96 Å². The van der Waals surface area contributed by atoms with Gasteiger partial charge in [-0.2, -0.15) is 0 Å². The Kier molecular flexibility index (Phi) is 3.87. The van der Waals surface area contributed by atoms with Crippen molar-refractivity contribution in [2.24, 2.45) is 5.92 Å². The average molecular weight is 325 g/mol. The first-order chi connectivity index (χ1) is 11.3. The van der Waals surface area contributed by atoms with Crippen LogP contribution in [0.15, 0.2) is 48.1 Å². The van der Waals surface area contributed by atoms with Gasteiger partial charge in [0.05, 0.1) is 0 Å². The molecular weight excluding hydrogens is 306 g/mol. The third-order valence-corrected chi connectivity index (χ3v) is 5.35. The number of carbonyl (C=O) groups excluding carboxylic acids is 1. The smallest absolute Gasteiger partial charge is 0.274 e. The van der Waals surface area contributed by atoms with Crippen molar-refractivity contribution in [3.8, 4) is 0 Å². The van der Waals surface area contributed by atoms with E-state index in [1.165, 1.54) is 5.56 Å². The van der Waals surface area contributed by atoms with E-state index in [0.29, 0.717) is 11.6 Å². The molecule has 4 nitrogen and oxygen atoms in total. The highest BCUT2D eigenvalue weighted by molar-refractivity contribution is 7.15. The summed E-state index contributed by atoms with van der Waals surface area (Å²) in [6, 6.07) is 10.6. The van der Waals surface area contributed by atoms with Crippen molar-refractivity contribution in [1.29, 1.82) is 0 Å². The molecule has 1 amide bonds. The third-order valence-electron chi connectivity index (χ3n) is 4.58. The van der Waals surface area contributed by atoms with Crippen molar-refractivity contribution in [3.63, 3.8) is 0 Å². The highest BCUT2D eigenvalue weighted by Gasteiger charge is 2.25. The van der Waals surface area contributed by atoms with E-state index in [1.54, 1.807) is 11.3 Å². The second-order valence-electron chi connectivity index (χ2n) is 6.14. The number of likely N-dealkylation sites (tertiary alicyclic amines) is 1. The minimum atomic E-state index is 0.0686. The zero-order valence-corrected chi connectivity index (χ0v) is 13.7. The topological polar surface area (TPSA) is 37.6 Å². The van der Waals surface area contributed by atoms with Gasteiger partial charge >= 0.3 is 0 Å². The lowest BCUT2D eigenvalue weighted by Crippen LogP contribution is -2.39. The second kappa shape index (κ2) is 6.16. The molecule has 0 unspecified atom stereocenters. The summed E-state index contributed by atoms with van der Waals surface area (Å²) in [6.45, 7) is 1.67. The largest absolute Gasteiger partial charge is 0.337 e. The van der Waals surface area contributed by atoms with Crippen molar-refractivity contribution in [3.05, 3.63) is 59.4 Å². The Morgan fingerprint density at radius 3 is 2.74 bits per heavy atom. The highest BCUT2D eigenvalue weighted by Crippen LogP contribution is 2.23. The van der Waals surface area contributed by atoms with E-state index in [0.717, 1.165) is 37.3 Å². The maximum absolute atomic E-state index is 12.6. The van der Waals surface area contributed by atoms with Gasteiger partial charge in [-0.3, -0.25) is 9.20 Å². The predicted octanol–water partition coefficient (Wildman–Crippen LogP) is 3.49. The number of carbonyl (C=O) groups is 1. The number of amides is 1. The Hall–Kier alpha value is -2.14. The molecule has 1 fully saturated rings. The standard InChI is InChI=1S/C18H19N3OS/c22-17(16-13-21-10-11-23-18(21)19-16)20-8-6-15(7-9-20)12-14-4-2-1-3-5-14/h1-5,10-11,13,15H,6-9,12H2. The van der Waals surface area contributed by atoms with Crippen LogP contribution in [-0.2, 0) is 6.42 Å². The van der Waals surface area contributed by atoms with Crippen LogP contribution >= 0.6 is 11.3 Å². The molecule has 118 valence electrons. The Morgan fingerprint density at radius 2 is 2.00 bits per heavy atom. The number of hydrogen-bond donors (Lipinski definition) is 0. The van der Waals surface area contributed by atoms with E-state index in [1.807, 2.05) is 27.1 Å². The molecule has 0 saturated carbocycles. The van der Waals surface area contributed by atoms with Crippen LogP contribution in [0, 0.1) is 5.92 Å². The average Bonchev–Trinajstić information content (AvgIpc) is 3.17. The van der Waals surface area contributed by atoms with E-state index < -0.39 is 0 Å². The van der Waals surface area contributed by atoms with Gasteiger partial charge in [0.1, 0.15) is 5.69 Å². The Balaban J connectivity index is 1.37. The fourth-order valence-corrected chi connectivity index (χ4v) is 3.98. The molecule has 1 aliphatic heterocycles. The van der Waals surface area contributed by atoms with Gasteiger partial charge in [0.2, 0.25) is 0 Å². The molecule has 0 spiro atoms. The van der Waals surface area contributed by atoms with E-state index in [9.17, 15) is 4.79 Å². The first-order valence-corrected chi connectivity index (χ1v) is 8.93. The molecule has 0 atom stereocenters. The molecule has 3 aromatic rings. The fraction of sp³-hybridized carbons (Fsp3) is 0.333. The van der Waals surface area contributed by atoms with Crippen LogP contribution in [0.3, 0.4) is 0 Å². The normalized spacial score (nSPS) is 16.1. The van der Waals surface area contributed by atoms with Gasteiger partial charge in [-0.05, 0) is 30.7 Å². The number of hydrogen-bond acceptors (Lipinski definition) is 3. The zero-order valence-electron chi connectivity index (χ0n) is 12.9. The molecule has 1 aliphatic rings. The van der Waals surface area contributed by atoms with E-state index >= 15 is 0 Å². The minimum Gasteiger partial charge on any atom is -0.337 e. The van der Waals surface area contributed by atoms with Gasteiger partial charge < -0.3 is 4.90 Å². The van der Waals surface area contributed by atoms with Gasteiger partial charge in [0, 0.05) is 30.9 Å². The van der Waals surface area contributed by atoms with Crippen LogP contribution in [-0.4, -0.2) is 33.3 Å². The molecule has 0 radical (unpaired) electrons. The summed E-state index contributed by atoms with van der Waals surface area (Å²) in [5, 5.41) is 1.98. The minimum absolute atomic E-state index is 0.0686. The van der Waals surface area contributed by atoms with Gasteiger partial charge in [0.25, 0.3) is 5.91 Å². The van der Waals surface area contributed by atoms with Gasteiger partial charge in [-0.15, -0.1) is 11.3 Å². The van der Waals surface area contributed by atoms with Crippen molar-refractivity contribution in [1.82, 2.24) is 14.3 Å². The van der Waals surface area contributed by atoms with E-state index in [-0.39, 0.29) is 5.91 Å². The lowest BCUT2D eigenvalue weighted by atomic mass is 9.90. The molecule has 1 saturated heterocycles. The molecule has 3 heterocycles. The molecule has 4 rings (SSSR count). The molecule has 2 aromatic heterocycles. The molecule has 5 heteroatoms. The number of piperidine rings is 1.